The number of hydrogen-bond acceptors (Lipinski definition) is 9. The number of hydrogen-bond donors (Lipinski definition) is 3. The van der Waals surface area contributed by atoms with E-state index in [0.29, 0.717) is 11.8 Å². The third-order valence-electron chi connectivity index (χ3n) is 6.11. The van der Waals surface area contributed by atoms with Crippen LogP contribution >= 0.6 is 11.8 Å². The first kappa shape index (κ1) is 26.8. The fraction of sp³-hybridized carbons (Fsp3) is 0.391. The van der Waals surface area contributed by atoms with Gasteiger partial charge in [0.25, 0.3) is 0 Å². The van der Waals surface area contributed by atoms with Crippen molar-refractivity contribution in [2.24, 2.45) is 0 Å². The van der Waals surface area contributed by atoms with E-state index >= 15 is 0 Å². The molecule has 1 saturated heterocycles. The second kappa shape index (κ2) is 9.01. The summed E-state index contributed by atoms with van der Waals surface area (Å²) in [4.78, 5) is 41.3. The topological polar surface area (TPSA) is 134 Å². The Balaban J connectivity index is 2.09. The lowest BCUT2D eigenvalue weighted by atomic mass is 9.65. The highest BCUT2D eigenvalue weighted by Crippen LogP contribution is 2.49. The van der Waals surface area contributed by atoms with Crippen LogP contribution in [0.3, 0.4) is 0 Å². The third-order valence-corrected chi connectivity index (χ3v) is 7.43. The lowest BCUT2D eigenvalue weighted by Crippen LogP contribution is -2.82. The maximum absolute atomic E-state index is 12.9. The average Bonchev–Trinajstić information content (AvgIpc) is 2.79. The summed E-state index contributed by atoms with van der Waals surface area (Å²) in [5, 5.41) is 33.6. The van der Waals surface area contributed by atoms with Crippen LogP contribution in [0.5, 0.6) is 5.75 Å². The summed E-state index contributed by atoms with van der Waals surface area (Å²) in [7, 11) is 0. The molecule has 1 aromatic carbocycles. The van der Waals surface area contributed by atoms with Crippen molar-refractivity contribution in [1.82, 2.24) is 4.98 Å². The van der Waals surface area contributed by atoms with E-state index < -0.39 is 57.1 Å². The van der Waals surface area contributed by atoms with Gasteiger partial charge in [-0.3, -0.25) is 19.4 Å². The zero-order valence-corrected chi connectivity index (χ0v) is 19.6. The summed E-state index contributed by atoms with van der Waals surface area (Å²) in [5.74, 6) is -4.15. The molecule has 1 fully saturated rings. The number of aliphatic hydroxyl groups is 3. The molecule has 0 unspecified atom stereocenters. The van der Waals surface area contributed by atoms with Crippen LogP contribution < -0.4 is 4.74 Å². The van der Waals surface area contributed by atoms with Gasteiger partial charge in [-0.2, -0.15) is 13.2 Å². The second-order valence-electron chi connectivity index (χ2n) is 8.21. The van der Waals surface area contributed by atoms with Crippen molar-refractivity contribution in [1.29, 1.82) is 0 Å². The second-order valence-corrected chi connectivity index (χ2v) is 9.26. The number of thioether (sulfide) groups is 1. The first-order valence-electron chi connectivity index (χ1n) is 10.2. The minimum absolute atomic E-state index is 0.0939. The Labute approximate surface area is 202 Å². The van der Waals surface area contributed by atoms with Gasteiger partial charge in [-0.15, -0.1) is 11.8 Å². The normalized spacial score (nSPS) is 28.9. The van der Waals surface area contributed by atoms with E-state index in [9.17, 15) is 42.9 Å². The molecule has 0 radical (unpaired) electrons. The maximum Gasteiger partial charge on any atom is 0.416 e. The predicted octanol–water partition coefficient (Wildman–Crippen LogP) is 2.18. The van der Waals surface area contributed by atoms with Gasteiger partial charge >= 0.3 is 6.18 Å². The van der Waals surface area contributed by atoms with E-state index in [4.69, 9.17) is 4.74 Å². The Kier molecular flexibility index (Phi) is 6.90. The molecule has 1 aromatic heterocycles. The lowest BCUT2D eigenvalue weighted by molar-refractivity contribution is -0.235. The summed E-state index contributed by atoms with van der Waals surface area (Å²) in [6, 6.07) is 5.53. The molecule has 2 heterocycles. The Hall–Kier alpha value is -2.80. The standard InChI is InChI=1S/C23H22F3NO7S/c1-12(28)20(31)11-35-19(21(32,13(2)29)22(20,33)14(3)30)34-18-10-27-9-8-17(18)15-4-6-16(7-5-15)23(24,25)26/h4-10,19,31-33H,11H2,1-3H3/t19-,20-,21-,22-/m0/s1. The molecule has 0 amide bonds. The van der Waals surface area contributed by atoms with Crippen molar-refractivity contribution in [3.05, 3.63) is 48.3 Å². The number of aromatic nitrogens is 1. The molecule has 8 nitrogen and oxygen atoms in total. The Morgan fingerprint density at radius 2 is 1.60 bits per heavy atom. The largest absolute Gasteiger partial charge is 0.474 e. The highest BCUT2D eigenvalue weighted by molar-refractivity contribution is 8.00. The number of halogens is 3. The van der Waals surface area contributed by atoms with Crippen molar-refractivity contribution >= 4 is 29.1 Å². The van der Waals surface area contributed by atoms with Crippen LogP contribution in [0.4, 0.5) is 13.2 Å². The molecule has 0 saturated carbocycles. The van der Waals surface area contributed by atoms with E-state index in [2.05, 4.69) is 4.98 Å². The van der Waals surface area contributed by atoms with Gasteiger partial charge in [0, 0.05) is 17.5 Å². The molecule has 35 heavy (non-hydrogen) atoms. The van der Waals surface area contributed by atoms with Gasteiger partial charge in [0.05, 0.1) is 11.8 Å². The molecule has 188 valence electrons. The van der Waals surface area contributed by atoms with Crippen molar-refractivity contribution in [3.63, 3.8) is 0 Å². The maximum atomic E-state index is 12.9. The van der Waals surface area contributed by atoms with E-state index in [1.165, 1.54) is 30.6 Å². The lowest BCUT2D eigenvalue weighted by Gasteiger charge is -2.54. The van der Waals surface area contributed by atoms with Crippen molar-refractivity contribution in [2.45, 2.75) is 49.2 Å². The molecule has 1 aliphatic rings. The quantitative estimate of drug-likeness (QED) is 0.531. The number of alkyl halides is 3. The zero-order valence-electron chi connectivity index (χ0n) is 18.8. The fourth-order valence-electron chi connectivity index (χ4n) is 4.03. The van der Waals surface area contributed by atoms with Gasteiger partial charge in [-0.05, 0) is 44.5 Å². The molecule has 3 N–H and O–H groups in total. The van der Waals surface area contributed by atoms with Crippen molar-refractivity contribution < 1.29 is 47.6 Å². The van der Waals surface area contributed by atoms with Crippen LogP contribution in [0.15, 0.2) is 42.7 Å². The van der Waals surface area contributed by atoms with Crippen molar-refractivity contribution in [3.8, 4) is 16.9 Å². The molecule has 4 atom stereocenters. The molecular weight excluding hydrogens is 491 g/mol. The predicted molar refractivity (Wildman–Crippen MR) is 118 cm³/mol. The first-order valence-corrected chi connectivity index (χ1v) is 11.3. The summed E-state index contributed by atoms with van der Waals surface area (Å²) < 4.78 is 44.6. The monoisotopic (exact) mass is 513 g/mol. The molecule has 0 bridgehead atoms. The first-order chi connectivity index (χ1) is 16.1. The number of pyridine rings is 1. The number of ether oxygens (including phenoxy) is 1. The number of benzene rings is 1. The van der Waals surface area contributed by atoms with Gasteiger partial charge in [0.2, 0.25) is 5.60 Å². The minimum atomic E-state index is -4.54. The molecule has 12 heteroatoms. The van der Waals surface area contributed by atoms with E-state index in [1.807, 2.05) is 0 Å². The van der Waals surface area contributed by atoms with Crippen LogP contribution in [0.1, 0.15) is 26.3 Å². The van der Waals surface area contributed by atoms with Crippen LogP contribution in [0.25, 0.3) is 11.1 Å². The van der Waals surface area contributed by atoms with E-state index in [-0.39, 0.29) is 16.9 Å². The highest BCUT2D eigenvalue weighted by atomic mass is 32.2. The van der Waals surface area contributed by atoms with Gasteiger partial charge in [-0.1, -0.05) is 12.1 Å². The molecule has 3 rings (SSSR count). The number of carbonyl (C=O) groups is 3. The van der Waals surface area contributed by atoms with Crippen molar-refractivity contribution in [2.75, 3.05) is 5.75 Å². The molecule has 0 spiro atoms. The minimum Gasteiger partial charge on any atom is -0.474 e. The van der Waals surface area contributed by atoms with Crippen LogP contribution in [-0.2, 0) is 20.6 Å². The van der Waals surface area contributed by atoms with Gasteiger partial charge in [-0.25, -0.2) is 0 Å². The average molecular weight is 513 g/mol. The number of carbonyl (C=O) groups excluding carboxylic acids is 3. The van der Waals surface area contributed by atoms with Gasteiger partial charge in [0.15, 0.2) is 34.0 Å². The Morgan fingerprint density at radius 3 is 2.09 bits per heavy atom. The summed E-state index contributed by atoms with van der Waals surface area (Å²) >= 11 is 0.605. The number of nitrogens with zero attached hydrogens (tertiary/aromatic N) is 1. The molecular formula is C23H22F3NO7S. The van der Waals surface area contributed by atoms with E-state index in [1.54, 1.807) is 0 Å². The van der Waals surface area contributed by atoms with Gasteiger partial charge < -0.3 is 20.1 Å². The zero-order chi connectivity index (χ0) is 26.4. The van der Waals surface area contributed by atoms with Gasteiger partial charge in [0.1, 0.15) is 5.75 Å². The number of ketones is 3. The van der Waals surface area contributed by atoms with Crippen LogP contribution in [0, 0.1) is 0 Å². The fourth-order valence-corrected chi connectivity index (χ4v) is 5.58. The summed E-state index contributed by atoms with van der Waals surface area (Å²) in [5.41, 5.74) is -11.2. The van der Waals surface area contributed by atoms with Crippen LogP contribution in [-0.4, -0.2) is 65.6 Å². The molecule has 2 aromatic rings. The summed E-state index contributed by atoms with van der Waals surface area (Å²) in [6.45, 7) is 2.57. The SMILES string of the molecule is CC(=O)[C@]1(O)[C@@](O)(C(C)=O)CS[C@H](Oc2cnccc2-c2ccc(C(F)(F)F)cc2)[C@@]1(O)C(C)=O. The Bertz CT molecular complexity index is 1170. The third kappa shape index (κ3) is 4.14. The van der Waals surface area contributed by atoms with E-state index in [0.717, 1.165) is 32.9 Å². The molecule has 1 aliphatic heterocycles. The van der Waals surface area contributed by atoms with Crippen LogP contribution in [0.2, 0.25) is 0 Å². The summed E-state index contributed by atoms with van der Waals surface area (Å²) in [6.07, 6.45) is -2.03. The molecule has 0 aliphatic carbocycles. The highest BCUT2D eigenvalue weighted by Gasteiger charge is 2.75. The Morgan fingerprint density at radius 1 is 1.00 bits per heavy atom. The number of rotatable bonds is 6. The number of Topliss-reactive ketones (excluding diaryl/α,β-unsaturated/α-hetero) is 3. The smallest absolute Gasteiger partial charge is 0.416 e.